The summed E-state index contributed by atoms with van der Waals surface area (Å²) in [5, 5.41) is 3.14. The van der Waals surface area contributed by atoms with E-state index in [1.54, 1.807) is 0 Å². The highest BCUT2D eigenvalue weighted by molar-refractivity contribution is 14.1. The maximum absolute atomic E-state index is 4.69. The number of benzene rings is 1. The molecule has 0 bridgehead atoms. The lowest BCUT2D eigenvalue weighted by atomic mass is 10.1. The lowest BCUT2D eigenvalue weighted by Gasteiger charge is -2.11. The van der Waals surface area contributed by atoms with Crippen molar-refractivity contribution in [2.45, 2.75) is 20.3 Å². The molecule has 1 aromatic carbocycles. The molecule has 0 aliphatic rings. The minimum absolute atomic E-state index is 0.784. The average molecular weight is 432 g/mol. The first kappa shape index (κ1) is 14.7. The lowest BCUT2D eigenvalue weighted by molar-refractivity contribution is 0.988. The van der Waals surface area contributed by atoms with Crippen molar-refractivity contribution in [1.82, 2.24) is 9.97 Å². The summed E-state index contributed by atoms with van der Waals surface area (Å²) >= 11 is 5.78. The second-order valence-corrected chi connectivity index (χ2v) is 6.21. The summed E-state index contributed by atoms with van der Waals surface area (Å²) in [6.07, 6.45) is 0.901. The number of rotatable bonds is 3. The van der Waals surface area contributed by atoms with Crippen LogP contribution in [0, 0.1) is 10.5 Å². The van der Waals surface area contributed by atoms with Gasteiger partial charge in [-0.15, -0.1) is 0 Å². The molecule has 0 saturated heterocycles. The van der Waals surface area contributed by atoms with Gasteiger partial charge in [0.15, 0.2) is 5.82 Å². The second-order valence-electron chi connectivity index (χ2n) is 4.22. The molecule has 2 aromatic rings. The number of nitrogens with zero attached hydrogens (tertiary/aromatic N) is 2. The number of hydrogen-bond acceptors (Lipinski definition) is 3. The fraction of sp³-hybridized carbons (Fsp3) is 0.286. The van der Waals surface area contributed by atoms with E-state index >= 15 is 0 Å². The topological polar surface area (TPSA) is 37.8 Å². The molecule has 0 radical (unpaired) electrons. The summed E-state index contributed by atoms with van der Waals surface area (Å²) < 4.78 is 2.17. The van der Waals surface area contributed by atoms with Crippen molar-refractivity contribution in [2.75, 3.05) is 12.4 Å². The van der Waals surface area contributed by atoms with Crippen LogP contribution in [0.2, 0.25) is 0 Å². The molecule has 1 heterocycles. The zero-order valence-corrected chi connectivity index (χ0v) is 14.8. The molecule has 0 aliphatic carbocycles. The van der Waals surface area contributed by atoms with Gasteiger partial charge in [0.05, 0.1) is 9.26 Å². The molecule has 0 atom stereocenters. The van der Waals surface area contributed by atoms with Crippen LogP contribution in [-0.2, 0) is 6.42 Å². The summed E-state index contributed by atoms with van der Waals surface area (Å²) in [7, 11) is 1.89. The Hall–Kier alpha value is -0.690. The predicted molar refractivity (Wildman–Crippen MR) is 91.5 cm³/mol. The molecular formula is C14H15BrIN3. The Balaban J connectivity index is 2.62. The molecule has 1 aromatic heterocycles. The molecule has 5 heteroatoms. The van der Waals surface area contributed by atoms with Gasteiger partial charge in [-0.1, -0.05) is 22.9 Å². The zero-order valence-electron chi connectivity index (χ0n) is 11.1. The van der Waals surface area contributed by atoms with E-state index in [-0.39, 0.29) is 0 Å². The second kappa shape index (κ2) is 6.17. The Kier molecular flexibility index (Phi) is 4.78. The molecular weight excluding hydrogens is 417 g/mol. The molecule has 100 valence electrons. The molecule has 2 rings (SSSR count). The van der Waals surface area contributed by atoms with Crippen LogP contribution >= 0.6 is 38.5 Å². The van der Waals surface area contributed by atoms with Crippen molar-refractivity contribution in [3.8, 4) is 11.4 Å². The Bertz CT molecular complexity index is 589. The molecule has 0 amide bonds. The maximum atomic E-state index is 4.69. The molecule has 1 N–H and O–H groups in total. The van der Waals surface area contributed by atoms with E-state index in [1.807, 2.05) is 13.1 Å². The minimum Gasteiger partial charge on any atom is -0.372 e. The highest BCUT2D eigenvalue weighted by Crippen LogP contribution is 2.27. The Morgan fingerprint density at radius 1 is 1.32 bits per heavy atom. The van der Waals surface area contributed by atoms with Gasteiger partial charge in [-0.25, -0.2) is 9.97 Å². The van der Waals surface area contributed by atoms with E-state index in [0.717, 1.165) is 37.4 Å². The summed E-state index contributed by atoms with van der Waals surface area (Å²) in [5.74, 6) is 1.68. The van der Waals surface area contributed by atoms with Crippen LogP contribution in [0.15, 0.2) is 22.7 Å². The first-order valence-electron chi connectivity index (χ1n) is 6.07. The van der Waals surface area contributed by atoms with E-state index in [1.165, 1.54) is 5.56 Å². The van der Waals surface area contributed by atoms with Crippen LogP contribution < -0.4 is 5.32 Å². The van der Waals surface area contributed by atoms with Crippen molar-refractivity contribution >= 4 is 44.3 Å². The molecule has 0 aliphatic heterocycles. The van der Waals surface area contributed by atoms with E-state index in [2.05, 4.69) is 79.8 Å². The number of halogens is 2. The number of anilines is 1. The summed E-state index contributed by atoms with van der Waals surface area (Å²) in [6, 6.07) is 6.16. The third kappa shape index (κ3) is 3.08. The van der Waals surface area contributed by atoms with Crippen molar-refractivity contribution in [1.29, 1.82) is 0 Å². The van der Waals surface area contributed by atoms with E-state index in [4.69, 9.17) is 0 Å². The van der Waals surface area contributed by atoms with Crippen LogP contribution in [0.5, 0.6) is 0 Å². The van der Waals surface area contributed by atoms with Gasteiger partial charge in [0.2, 0.25) is 0 Å². The molecule has 0 unspecified atom stereocenters. The van der Waals surface area contributed by atoms with Gasteiger partial charge >= 0.3 is 0 Å². The normalized spacial score (nSPS) is 10.6. The summed E-state index contributed by atoms with van der Waals surface area (Å²) in [5.41, 5.74) is 3.32. The fourth-order valence-corrected chi connectivity index (χ4v) is 3.26. The third-order valence-electron chi connectivity index (χ3n) is 2.92. The SMILES string of the molecule is CCc1nc(-c2ccc(Br)cc2C)nc(NC)c1I. The van der Waals surface area contributed by atoms with Gasteiger partial charge in [-0.2, -0.15) is 0 Å². The average Bonchev–Trinajstić information content (AvgIpc) is 2.39. The highest BCUT2D eigenvalue weighted by atomic mass is 127. The first-order chi connectivity index (χ1) is 9.06. The fourth-order valence-electron chi connectivity index (χ4n) is 1.89. The standard InChI is InChI=1S/C14H15BrIN3/c1-4-11-12(16)14(17-3)19-13(18-11)10-6-5-9(15)7-8(10)2/h5-7H,4H2,1-3H3,(H,17,18,19). The summed E-state index contributed by atoms with van der Waals surface area (Å²) in [4.78, 5) is 9.30. The van der Waals surface area contributed by atoms with E-state index < -0.39 is 0 Å². The van der Waals surface area contributed by atoms with Gasteiger partial charge in [0.1, 0.15) is 5.82 Å². The third-order valence-corrected chi connectivity index (χ3v) is 4.55. The highest BCUT2D eigenvalue weighted by Gasteiger charge is 2.12. The van der Waals surface area contributed by atoms with Crippen LogP contribution in [0.4, 0.5) is 5.82 Å². The van der Waals surface area contributed by atoms with Crippen molar-refractivity contribution in [2.24, 2.45) is 0 Å². The quantitative estimate of drug-likeness (QED) is 0.730. The predicted octanol–water partition coefficient (Wildman–Crippen LogP) is 4.42. The van der Waals surface area contributed by atoms with Crippen LogP contribution in [0.25, 0.3) is 11.4 Å². The molecule has 19 heavy (non-hydrogen) atoms. The number of nitrogens with one attached hydrogen (secondary N) is 1. The zero-order chi connectivity index (χ0) is 14.0. The van der Waals surface area contributed by atoms with E-state index in [9.17, 15) is 0 Å². The maximum Gasteiger partial charge on any atom is 0.162 e. The number of aromatic nitrogens is 2. The molecule has 0 saturated carbocycles. The molecule has 3 nitrogen and oxygen atoms in total. The Morgan fingerprint density at radius 2 is 2.05 bits per heavy atom. The molecule has 0 fully saturated rings. The first-order valence-corrected chi connectivity index (χ1v) is 7.94. The van der Waals surface area contributed by atoms with Gasteiger partial charge in [-0.3, -0.25) is 0 Å². The van der Waals surface area contributed by atoms with Crippen LogP contribution in [0.3, 0.4) is 0 Å². The van der Waals surface area contributed by atoms with Crippen molar-refractivity contribution < 1.29 is 0 Å². The van der Waals surface area contributed by atoms with Gasteiger partial charge in [-0.05, 0) is 59.7 Å². The van der Waals surface area contributed by atoms with Gasteiger partial charge < -0.3 is 5.32 Å². The minimum atomic E-state index is 0.784. The Labute approximate surface area is 135 Å². The lowest BCUT2D eigenvalue weighted by Crippen LogP contribution is -2.05. The summed E-state index contributed by atoms with van der Waals surface area (Å²) in [6.45, 7) is 4.19. The largest absolute Gasteiger partial charge is 0.372 e. The van der Waals surface area contributed by atoms with Gasteiger partial charge in [0.25, 0.3) is 0 Å². The molecule has 0 spiro atoms. The van der Waals surface area contributed by atoms with Gasteiger partial charge in [0, 0.05) is 17.1 Å². The van der Waals surface area contributed by atoms with Crippen molar-refractivity contribution in [3.05, 3.63) is 37.5 Å². The number of aryl methyl sites for hydroxylation is 2. The smallest absolute Gasteiger partial charge is 0.162 e. The van der Waals surface area contributed by atoms with Crippen LogP contribution in [-0.4, -0.2) is 17.0 Å². The Morgan fingerprint density at radius 3 is 2.63 bits per heavy atom. The number of hydrogen-bond donors (Lipinski definition) is 1. The monoisotopic (exact) mass is 431 g/mol. The van der Waals surface area contributed by atoms with Crippen molar-refractivity contribution in [3.63, 3.8) is 0 Å². The van der Waals surface area contributed by atoms with E-state index in [0.29, 0.717) is 0 Å². The van der Waals surface area contributed by atoms with Crippen LogP contribution in [0.1, 0.15) is 18.2 Å².